The van der Waals surface area contributed by atoms with Gasteiger partial charge in [0.2, 0.25) is 5.76 Å². The van der Waals surface area contributed by atoms with E-state index >= 15 is 0 Å². The lowest BCUT2D eigenvalue weighted by Crippen LogP contribution is -2.52. The molecule has 184 valence electrons. The third-order valence-corrected chi connectivity index (χ3v) is 7.34. The number of rotatable bonds is 9. The van der Waals surface area contributed by atoms with Gasteiger partial charge in [-0.3, -0.25) is 4.79 Å². The van der Waals surface area contributed by atoms with Gasteiger partial charge in [-0.2, -0.15) is 0 Å². The Labute approximate surface area is 205 Å². The molecule has 0 saturated heterocycles. The van der Waals surface area contributed by atoms with Crippen molar-refractivity contribution in [3.05, 3.63) is 83.2 Å². The van der Waals surface area contributed by atoms with Gasteiger partial charge in [-0.25, -0.2) is 0 Å². The monoisotopic (exact) mass is 475 g/mol. The molecular weight excluding hydrogens is 442 g/mol. The summed E-state index contributed by atoms with van der Waals surface area (Å²) in [6.45, 7) is 2.49. The molecule has 1 aliphatic heterocycles. The molecular formula is C28H33N3O4. The Hall–Kier alpha value is -3.16. The van der Waals surface area contributed by atoms with Gasteiger partial charge >= 0.3 is 0 Å². The topological polar surface area (TPSA) is 96.6 Å². The first-order valence-electron chi connectivity index (χ1n) is 12.5. The van der Waals surface area contributed by atoms with Crippen molar-refractivity contribution in [2.45, 2.75) is 69.2 Å². The molecule has 1 amide bonds. The number of carbonyl (C=O) groups excluding carboxylic acids is 1. The minimum absolute atomic E-state index is 0.0857. The van der Waals surface area contributed by atoms with Crippen molar-refractivity contribution < 1.29 is 19.2 Å². The maximum Gasteiger partial charge on any atom is 0.290 e. The van der Waals surface area contributed by atoms with E-state index in [9.17, 15) is 9.90 Å². The zero-order valence-corrected chi connectivity index (χ0v) is 20.1. The van der Waals surface area contributed by atoms with Gasteiger partial charge in [0.05, 0.1) is 18.3 Å². The van der Waals surface area contributed by atoms with Crippen LogP contribution in [0.25, 0.3) is 0 Å². The van der Waals surface area contributed by atoms with Crippen molar-refractivity contribution in [3.8, 4) is 5.75 Å². The van der Waals surface area contributed by atoms with Crippen molar-refractivity contribution in [2.75, 3.05) is 6.54 Å². The molecule has 7 heteroatoms. The number of nitrogens with one attached hydrogen (secondary N) is 2. The Morgan fingerprint density at radius 3 is 2.69 bits per heavy atom. The Bertz CT molecular complexity index is 1130. The lowest BCUT2D eigenvalue weighted by atomic mass is 9.72. The molecule has 2 aromatic carbocycles. The van der Waals surface area contributed by atoms with Crippen LogP contribution in [0.5, 0.6) is 5.75 Å². The zero-order valence-electron chi connectivity index (χ0n) is 20.1. The summed E-state index contributed by atoms with van der Waals surface area (Å²) in [6, 6.07) is 17.4. The van der Waals surface area contributed by atoms with Gasteiger partial charge in [-0.1, -0.05) is 54.5 Å². The van der Waals surface area contributed by atoms with Gasteiger partial charge in [0.15, 0.2) is 0 Å². The number of aryl methyl sites for hydroxylation is 1. The number of hydrogen-bond donors (Lipinski definition) is 3. The highest BCUT2D eigenvalue weighted by Crippen LogP contribution is 2.49. The Morgan fingerprint density at radius 2 is 2.00 bits per heavy atom. The lowest BCUT2D eigenvalue weighted by Gasteiger charge is -2.48. The second-order valence-corrected chi connectivity index (χ2v) is 9.74. The minimum atomic E-state index is -0.805. The summed E-state index contributed by atoms with van der Waals surface area (Å²) in [7, 11) is 0. The summed E-state index contributed by atoms with van der Waals surface area (Å²) >= 11 is 0. The molecule has 2 aliphatic rings. The first kappa shape index (κ1) is 23.6. The van der Waals surface area contributed by atoms with Gasteiger partial charge in [0, 0.05) is 30.6 Å². The fourth-order valence-corrected chi connectivity index (χ4v) is 5.13. The first-order valence-corrected chi connectivity index (χ1v) is 12.5. The number of ether oxygens (including phenoxy) is 1. The zero-order chi connectivity index (χ0) is 24.3. The summed E-state index contributed by atoms with van der Waals surface area (Å²) in [5.41, 5.74) is 3.35. The predicted molar refractivity (Wildman–Crippen MR) is 132 cm³/mol. The molecule has 2 heterocycles. The van der Waals surface area contributed by atoms with Gasteiger partial charge < -0.3 is 25.0 Å². The molecule has 1 saturated carbocycles. The second-order valence-electron chi connectivity index (χ2n) is 9.74. The quantitative estimate of drug-likeness (QED) is 0.433. The number of fused-ring (bicyclic) bond motifs is 1. The van der Waals surface area contributed by atoms with Crippen LogP contribution < -0.4 is 15.4 Å². The van der Waals surface area contributed by atoms with E-state index in [2.05, 4.69) is 40.9 Å². The van der Waals surface area contributed by atoms with Crippen LogP contribution in [0.1, 0.15) is 65.9 Å². The smallest absolute Gasteiger partial charge is 0.290 e. The van der Waals surface area contributed by atoms with Crippen molar-refractivity contribution in [3.63, 3.8) is 0 Å². The van der Waals surface area contributed by atoms with Crippen LogP contribution in [0.4, 0.5) is 0 Å². The van der Waals surface area contributed by atoms with Crippen molar-refractivity contribution in [1.82, 2.24) is 15.8 Å². The third kappa shape index (κ3) is 5.26. The predicted octanol–water partition coefficient (Wildman–Crippen LogP) is 3.98. The number of carbonyl (C=O) groups is 1. The lowest BCUT2D eigenvalue weighted by molar-refractivity contribution is -0.0382. The third-order valence-electron chi connectivity index (χ3n) is 7.34. The van der Waals surface area contributed by atoms with E-state index in [1.807, 2.05) is 30.3 Å². The van der Waals surface area contributed by atoms with E-state index in [0.717, 1.165) is 42.6 Å². The van der Waals surface area contributed by atoms with E-state index in [4.69, 9.17) is 9.26 Å². The molecule has 0 unspecified atom stereocenters. The summed E-state index contributed by atoms with van der Waals surface area (Å²) in [4.78, 5) is 12.7. The fourth-order valence-electron chi connectivity index (χ4n) is 5.13. The van der Waals surface area contributed by atoms with Crippen LogP contribution in [0.3, 0.4) is 0 Å². The number of benzene rings is 2. The normalized spacial score (nSPS) is 19.8. The standard InChI is InChI=1S/C28H33N3O4/c1-2-19-9-10-25-21(15-19)23(17-28(34-25)12-6-13-28)29-18-24(32)22(16-20-7-4-3-5-8-20)31-27(33)26-11-14-30-35-26/h3-5,7-11,14-15,22-24,29,32H,2,6,12-13,16-18H2,1H3,(H,31,33)/t22-,23-,24-/m0/s1. The first-order chi connectivity index (χ1) is 17.0. The Balaban J connectivity index is 1.32. The van der Waals surface area contributed by atoms with E-state index in [0.29, 0.717) is 13.0 Å². The van der Waals surface area contributed by atoms with E-state index < -0.39 is 12.1 Å². The highest BCUT2D eigenvalue weighted by atomic mass is 16.5. The highest BCUT2D eigenvalue weighted by Gasteiger charge is 2.45. The van der Waals surface area contributed by atoms with Gasteiger partial charge in [0.25, 0.3) is 5.91 Å². The van der Waals surface area contributed by atoms with E-state index in [-0.39, 0.29) is 23.3 Å². The molecule has 3 aromatic rings. The molecule has 1 spiro atoms. The number of amides is 1. The van der Waals surface area contributed by atoms with Crippen LogP contribution in [0, 0.1) is 0 Å². The molecule has 7 nitrogen and oxygen atoms in total. The second kappa shape index (κ2) is 10.2. The van der Waals surface area contributed by atoms with Crippen molar-refractivity contribution >= 4 is 5.91 Å². The Morgan fingerprint density at radius 1 is 1.17 bits per heavy atom. The minimum Gasteiger partial charge on any atom is -0.487 e. The SMILES string of the molecule is CCc1ccc2c(c1)[C@@H](NC[C@H](O)[C@H](Cc1ccccc1)NC(=O)c1ccno1)CC1(CCC1)O2. The maximum atomic E-state index is 12.7. The summed E-state index contributed by atoms with van der Waals surface area (Å²) in [6.07, 6.45) is 6.28. The molecule has 3 N–H and O–H groups in total. The molecule has 1 aliphatic carbocycles. The van der Waals surface area contributed by atoms with Crippen LogP contribution in [0.2, 0.25) is 0 Å². The molecule has 35 heavy (non-hydrogen) atoms. The molecule has 3 atom stereocenters. The number of nitrogens with zero attached hydrogens (tertiary/aromatic N) is 1. The van der Waals surface area contributed by atoms with Crippen molar-refractivity contribution in [1.29, 1.82) is 0 Å². The summed E-state index contributed by atoms with van der Waals surface area (Å²) in [5.74, 6) is 0.681. The fraction of sp³-hybridized carbons (Fsp3) is 0.429. The van der Waals surface area contributed by atoms with Crippen LogP contribution in [0.15, 0.2) is 65.3 Å². The number of aliphatic hydroxyl groups excluding tert-OH is 1. The summed E-state index contributed by atoms with van der Waals surface area (Å²) in [5, 5.41) is 21.4. The van der Waals surface area contributed by atoms with Crippen LogP contribution in [-0.2, 0) is 12.8 Å². The number of hydrogen-bond acceptors (Lipinski definition) is 6. The number of aromatic nitrogens is 1. The van der Waals surface area contributed by atoms with Gasteiger partial charge in [0.1, 0.15) is 11.4 Å². The molecule has 0 bridgehead atoms. The molecule has 1 fully saturated rings. The van der Waals surface area contributed by atoms with Crippen LogP contribution in [-0.4, -0.2) is 40.5 Å². The van der Waals surface area contributed by atoms with Crippen LogP contribution >= 0.6 is 0 Å². The average Bonchev–Trinajstić information content (AvgIpc) is 3.41. The summed E-state index contributed by atoms with van der Waals surface area (Å²) < 4.78 is 11.4. The van der Waals surface area contributed by atoms with Crippen molar-refractivity contribution in [2.24, 2.45) is 0 Å². The molecule has 5 rings (SSSR count). The van der Waals surface area contributed by atoms with E-state index in [1.54, 1.807) is 0 Å². The van der Waals surface area contributed by atoms with Gasteiger partial charge in [-0.05, 0) is 49.3 Å². The highest BCUT2D eigenvalue weighted by molar-refractivity contribution is 5.91. The maximum absolute atomic E-state index is 12.7. The van der Waals surface area contributed by atoms with E-state index in [1.165, 1.54) is 24.2 Å². The average molecular weight is 476 g/mol. The van der Waals surface area contributed by atoms with Gasteiger partial charge in [-0.15, -0.1) is 0 Å². The molecule has 1 aromatic heterocycles. The largest absolute Gasteiger partial charge is 0.487 e. The number of aliphatic hydroxyl groups is 1. The Kier molecular flexibility index (Phi) is 6.88. The molecule has 0 radical (unpaired) electrons.